The van der Waals surface area contributed by atoms with Crippen molar-refractivity contribution in [3.05, 3.63) is 144 Å². The van der Waals surface area contributed by atoms with Gasteiger partial charge < -0.3 is 30.3 Å². The number of hydrogen-bond donors (Lipinski definition) is 3. The van der Waals surface area contributed by atoms with Gasteiger partial charge in [0.05, 0.1) is 24.0 Å². The topological polar surface area (TPSA) is 156 Å². The quantitative estimate of drug-likeness (QED) is 0.110. The fourth-order valence-corrected chi connectivity index (χ4v) is 6.64. The molecule has 0 radical (unpaired) electrons. The van der Waals surface area contributed by atoms with Crippen molar-refractivity contribution in [1.82, 2.24) is 4.90 Å². The first-order chi connectivity index (χ1) is 25.9. The first-order valence-corrected chi connectivity index (χ1v) is 18.4. The second kappa shape index (κ2) is 20.2. The maximum atomic E-state index is 15.3. The van der Waals surface area contributed by atoms with Crippen LogP contribution in [0.5, 0.6) is 0 Å². The first kappa shape index (κ1) is 41.4. The lowest BCUT2D eigenvalue weighted by atomic mass is 9.81. The molecule has 4 N–H and O–H groups in total. The van der Waals surface area contributed by atoms with Crippen LogP contribution in [-0.4, -0.2) is 63.2 Å². The Morgan fingerprint density at radius 1 is 0.537 bits per heavy atom. The summed E-state index contributed by atoms with van der Waals surface area (Å²) in [6.45, 7) is 6.79. The predicted molar refractivity (Wildman–Crippen MR) is 205 cm³/mol. The SMILES string of the molecule is CC(C)C(C(=O)OCc1ccccc1)N(C(=O)C(Cc1ccccc1)C(O)C(O)C(Cc1ccccc1)C(N)=O)C(C(=O)OCc1ccccc1)C(C)C. The Balaban J connectivity index is 1.80. The summed E-state index contributed by atoms with van der Waals surface area (Å²) < 4.78 is 11.6. The zero-order valence-corrected chi connectivity index (χ0v) is 31.4. The van der Waals surface area contributed by atoms with Gasteiger partial charge in [-0.25, -0.2) is 9.59 Å². The molecule has 6 atom stereocenters. The van der Waals surface area contributed by atoms with E-state index in [9.17, 15) is 24.6 Å². The van der Waals surface area contributed by atoms with E-state index in [0.29, 0.717) is 11.1 Å². The lowest BCUT2D eigenvalue weighted by molar-refractivity contribution is -0.174. The summed E-state index contributed by atoms with van der Waals surface area (Å²) in [5.74, 6) is -7.01. The van der Waals surface area contributed by atoms with Gasteiger partial charge in [-0.2, -0.15) is 0 Å². The molecule has 0 aromatic heterocycles. The van der Waals surface area contributed by atoms with Crippen LogP contribution in [0.2, 0.25) is 0 Å². The van der Waals surface area contributed by atoms with E-state index in [4.69, 9.17) is 15.2 Å². The van der Waals surface area contributed by atoms with Gasteiger partial charge >= 0.3 is 11.9 Å². The van der Waals surface area contributed by atoms with Gasteiger partial charge in [0, 0.05) is 0 Å². The van der Waals surface area contributed by atoms with E-state index >= 15 is 4.79 Å². The molecule has 4 aromatic rings. The highest BCUT2D eigenvalue weighted by Gasteiger charge is 2.48. The summed E-state index contributed by atoms with van der Waals surface area (Å²) in [5.41, 5.74) is 8.59. The van der Waals surface area contributed by atoms with Crippen LogP contribution >= 0.6 is 0 Å². The number of rotatable bonds is 19. The molecule has 0 aliphatic carbocycles. The number of esters is 2. The van der Waals surface area contributed by atoms with Crippen LogP contribution in [0.15, 0.2) is 121 Å². The summed E-state index contributed by atoms with van der Waals surface area (Å²) in [4.78, 5) is 57.7. The number of aliphatic hydroxyl groups excluding tert-OH is 2. The number of nitrogens with zero attached hydrogens (tertiary/aromatic N) is 1. The monoisotopic (exact) mass is 736 g/mol. The van der Waals surface area contributed by atoms with E-state index in [1.165, 1.54) is 4.90 Å². The Morgan fingerprint density at radius 3 is 1.19 bits per heavy atom. The van der Waals surface area contributed by atoms with E-state index in [2.05, 4.69) is 0 Å². The maximum Gasteiger partial charge on any atom is 0.329 e. The van der Waals surface area contributed by atoms with Crippen molar-refractivity contribution >= 4 is 23.8 Å². The molecule has 0 bridgehead atoms. The lowest BCUT2D eigenvalue weighted by Gasteiger charge is -2.42. The van der Waals surface area contributed by atoms with Crippen LogP contribution in [0.3, 0.4) is 0 Å². The van der Waals surface area contributed by atoms with Crippen molar-refractivity contribution in [2.45, 2.75) is 78.0 Å². The molecule has 286 valence electrons. The Hall–Kier alpha value is -5.32. The number of ether oxygens (including phenoxy) is 2. The fraction of sp³-hybridized carbons (Fsp3) is 0.364. The molecule has 0 saturated carbocycles. The Labute approximate surface area is 317 Å². The van der Waals surface area contributed by atoms with Gasteiger partial charge in [0.25, 0.3) is 0 Å². The number of aliphatic hydroxyl groups is 2. The fourth-order valence-electron chi connectivity index (χ4n) is 6.64. The third kappa shape index (κ3) is 11.3. The van der Waals surface area contributed by atoms with E-state index in [-0.39, 0.29) is 26.1 Å². The molecule has 4 aromatic carbocycles. The third-order valence-electron chi connectivity index (χ3n) is 9.50. The Bertz CT molecular complexity index is 1700. The molecule has 0 fully saturated rings. The Kier molecular flexibility index (Phi) is 15.5. The molecule has 0 aliphatic heterocycles. The standard InChI is InChI=1S/C44H52N2O8/c1-29(2)37(43(51)53-27-33-21-13-7-14-22-33)46(38(30(3)4)44(52)54-28-34-23-15-8-16-24-34)42(50)36(26-32-19-11-6-12-20-32)40(48)39(47)35(41(45)49)25-31-17-9-5-10-18-31/h5-24,29-30,35-40,47-48H,25-28H2,1-4H3,(H2,45,49). The number of carbonyl (C=O) groups is 4. The molecule has 6 unspecified atom stereocenters. The van der Waals surface area contributed by atoms with E-state index < -0.39 is 71.7 Å². The number of amides is 2. The molecule has 54 heavy (non-hydrogen) atoms. The first-order valence-electron chi connectivity index (χ1n) is 18.4. The molecule has 0 aliphatic rings. The van der Waals surface area contributed by atoms with Crippen molar-refractivity contribution in [2.75, 3.05) is 0 Å². The van der Waals surface area contributed by atoms with Crippen LogP contribution in [0, 0.1) is 23.7 Å². The molecule has 0 heterocycles. The molecule has 10 heteroatoms. The number of hydrogen-bond acceptors (Lipinski definition) is 8. The molecule has 10 nitrogen and oxygen atoms in total. The number of carbonyl (C=O) groups excluding carboxylic acids is 4. The smallest absolute Gasteiger partial charge is 0.329 e. The highest BCUT2D eigenvalue weighted by molar-refractivity contribution is 5.91. The van der Waals surface area contributed by atoms with E-state index in [1.54, 1.807) is 107 Å². The van der Waals surface area contributed by atoms with E-state index in [1.807, 2.05) is 42.5 Å². The van der Waals surface area contributed by atoms with Gasteiger partial charge in [-0.05, 0) is 46.9 Å². The van der Waals surface area contributed by atoms with Crippen LogP contribution in [0.1, 0.15) is 49.9 Å². The summed E-state index contributed by atoms with van der Waals surface area (Å²) >= 11 is 0. The summed E-state index contributed by atoms with van der Waals surface area (Å²) in [6.07, 6.45) is -3.72. The zero-order chi connectivity index (χ0) is 39.2. The molecule has 4 rings (SSSR count). The average molecular weight is 737 g/mol. The van der Waals surface area contributed by atoms with Gasteiger partial charge in [-0.3, -0.25) is 9.59 Å². The molecule has 0 saturated heterocycles. The van der Waals surface area contributed by atoms with Crippen LogP contribution < -0.4 is 5.73 Å². The van der Waals surface area contributed by atoms with E-state index in [0.717, 1.165) is 11.1 Å². The van der Waals surface area contributed by atoms with Crippen molar-refractivity contribution in [3.63, 3.8) is 0 Å². The lowest BCUT2D eigenvalue weighted by Crippen LogP contribution is -2.61. The third-order valence-corrected chi connectivity index (χ3v) is 9.50. The highest BCUT2D eigenvalue weighted by Crippen LogP contribution is 2.30. The van der Waals surface area contributed by atoms with Crippen molar-refractivity contribution < 1.29 is 38.9 Å². The number of benzene rings is 4. The molecule has 2 amide bonds. The Morgan fingerprint density at radius 2 is 0.852 bits per heavy atom. The van der Waals surface area contributed by atoms with Crippen molar-refractivity contribution in [3.8, 4) is 0 Å². The van der Waals surface area contributed by atoms with Gasteiger partial charge in [0.15, 0.2) is 0 Å². The molecular weight excluding hydrogens is 684 g/mol. The van der Waals surface area contributed by atoms with Crippen molar-refractivity contribution in [2.24, 2.45) is 29.4 Å². The van der Waals surface area contributed by atoms with Gasteiger partial charge in [0.1, 0.15) is 25.3 Å². The molecule has 0 spiro atoms. The summed E-state index contributed by atoms with van der Waals surface area (Å²) in [5, 5.41) is 23.8. The maximum absolute atomic E-state index is 15.3. The van der Waals surface area contributed by atoms with Gasteiger partial charge in [0.2, 0.25) is 11.8 Å². The predicted octanol–water partition coefficient (Wildman–Crippen LogP) is 5.28. The number of nitrogens with two attached hydrogens (primary N) is 1. The minimum Gasteiger partial charge on any atom is -0.459 e. The van der Waals surface area contributed by atoms with Gasteiger partial charge in [-0.1, -0.05) is 149 Å². The molecular formula is C44H52N2O8. The normalized spacial score (nSPS) is 14.7. The minimum atomic E-state index is -1.84. The van der Waals surface area contributed by atoms with Crippen LogP contribution in [0.4, 0.5) is 0 Å². The summed E-state index contributed by atoms with van der Waals surface area (Å²) in [6, 6.07) is 33.3. The largest absolute Gasteiger partial charge is 0.459 e. The zero-order valence-electron chi connectivity index (χ0n) is 31.4. The number of primary amides is 1. The highest BCUT2D eigenvalue weighted by atomic mass is 16.5. The summed E-state index contributed by atoms with van der Waals surface area (Å²) in [7, 11) is 0. The minimum absolute atomic E-state index is 0.00518. The second-order valence-electron chi connectivity index (χ2n) is 14.3. The average Bonchev–Trinajstić information content (AvgIpc) is 3.17. The van der Waals surface area contributed by atoms with Crippen LogP contribution in [0.25, 0.3) is 0 Å². The second-order valence-corrected chi connectivity index (χ2v) is 14.3. The van der Waals surface area contributed by atoms with Gasteiger partial charge in [-0.15, -0.1) is 0 Å². The van der Waals surface area contributed by atoms with Crippen LogP contribution in [-0.2, 0) is 54.7 Å². The van der Waals surface area contributed by atoms with Crippen molar-refractivity contribution in [1.29, 1.82) is 0 Å².